The number of methoxy groups -OCH3 is 1. The van der Waals surface area contributed by atoms with Crippen molar-refractivity contribution in [1.82, 2.24) is 0 Å². The molecule has 264 valence electrons. The molecule has 49 heavy (non-hydrogen) atoms. The van der Waals surface area contributed by atoms with Crippen molar-refractivity contribution in [2.45, 2.75) is 122 Å². The lowest BCUT2D eigenvalue weighted by atomic mass is 9.51. The first-order chi connectivity index (χ1) is 22.7. The molecule has 0 aromatic heterocycles. The predicted molar refractivity (Wildman–Crippen MR) is 182 cm³/mol. The van der Waals surface area contributed by atoms with Gasteiger partial charge in [-0.15, -0.1) is 0 Å². The number of carbonyl (C=O) groups excluding carboxylic acids is 3. The van der Waals surface area contributed by atoms with E-state index >= 15 is 0 Å². The molecule has 3 aliphatic carbocycles. The third kappa shape index (κ3) is 5.12. The lowest BCUT2D eigenvalue weighted by Crippen LogP contribution is -2.72. The molecule has 7 rings (SSSR count). The van der Waals surface area contributed by atoms with Crippen LogP contribution in [0.25, 0.3) is 6.08 Å². The predicted octanol–water partition coefficient (Wildman–Crippen LogP) is 5.49. The van der Waals surface area contributed by atoms with Crippen molar-refractivity contribution in [2.75, 3.05) is 7.11 Å². The van der Waals surface area contributed by atoms with Gasteiger partial charge in [-0.25, -0.2) is 4.79 Å². The Labute approximate surface area is 287 Å². The first kappa shape index (κ1) is 35.1. The zero-order valence-electron chi connectivity index (χ0n) is 29.9. The van der Waals surface area contributed by atoms with Crippen LogP contribution in [0.5, 0.6) is 17.2 Å². The number of ketones is 2. The summed E-state index contributed by atoms with van der Waals surface area (Å²) in [6.45, 7) is 14.3. The molecule has 1 aromatic carbocycles. The molecule has 0 radical (unpaired) electrons. The zero-order valence-corrected chi connectivity index (χ0v) is 29.9. The van der Waals surface area contributed by atoms with Crippen LogP contribution in [-0.2, 0) is 25.5 Å². The Kier molecular flexibility index (Phi) is 8.17. The number of aromatic hydroxyl groups is 1. The second-order valence-corrected chi connectivity index (χ2v) is 15.8. The molecule has 1 spiro atoms. The Morgan fingerprint density at radius 2 is 1.82 bits per heavy atom. The number of benzene rings is 1. The Hall–Kier alpha value is -3.73. The Balaban J connectivity index is 1.55. The molecule has 3 N–H and O–H groups in total. The van der Waals surface area contributed by atoms with E-state index in [-0.39, 0.29) is 41.3 Å². The summed E-state index contributed by atoms with van der Waals surface area (Å²) in [4.78, 5) is 41.6. The first-order valence-corrected chi connectivity index (χ1v) is 17.0. The molecule has 6 unspecified atom stereocenters. The fourth-order valence-electron chi connectivity index (χ4n) is 8.46. The Morgan fingerprint density at radius 1 is 1.12 bits per heavy atom. The fraction of sp³-hybridized carbons (Fsp3) is 0.564. The SMILES string of the molecule is COC(=O)C(C)=CCC12OC(C)(C)C3CC(C=C4C(=O)c5c(O)c6c(c(CC=C(C)C)c5OC431)OC(C)(CCC(O)C(C)(C)O)C=C6)C2=O. The number of aliphatic hydroxyl groups is 2. The van der Waals surface area contributed by atoms with E-state index in [4.69, 9.17) is 18.9 Å². The largest absolute Gasteiger partial charge is 0.506 e. The lowest BCUT2D eigenvalue weighted by molar-refractivity contribution is -0.171. The van der Waals surface area contributed by atoms with Crippen LogP contribution in [0.1, 0.15) is 103 Å². The molecule has 6 aliphatic rings. The van der Waals surface area contributed by atoms with Gasteiger partial charge in [-0.2, -0.15) is 0 Å². The van der Waals surface area contributed by atoms with Gasteiger partial charge in [0, 0.05) is 35.0 Å². The number of ether oxygens (including phenoxy) is 4. The van der Waals surface area contributed by atoms with Crippen molar-refractivity contribution in [2.24, 2.45) is 11.8 Å². The van der Waals surface area contributed by atoms with Crippen molar-refractivity contribution < 1.29 is 48.7 Å². The molecular formula is C39H48O10. The van der Waals surface area contributed by atoms with Crippen molar-refractivity contribution in [1.29, 1.82) is 0 Å². The van der Waals surface area contributed by atoms with Crippen molar-refractivity contribution in [3.63, 3.8) is 0 Å². The molecule has 1 aromatic rings. The molecule has 3 aliphatic heterocycles. The number of carbonyl (C=O) groups is 3. The van der Waals surface area contributed by atoms with Crippen molar-refractivity contribution in [3.05, 3.63) is 57.7 Å². The monoisotopic (exact) mass is 676 g/mol. The van der Waals surface area contributed by atoms with Crippen LogP contribution in [0.15, 0.2) is 41.0 Å². The zero-order chi connectivity index (χ0) is 36.1. The van der Waals surface area contributed by atoms with E-state index in [0.717, 1.165) is 5.57 Å². The van der Waals surface area contributed by atoms with Crippen LogP contribution in [0.4, 0.5) is 0 Å². The van der Waals surface area contributed by atoms with Crippen molar-refractivity contribution >= 4 is 23.6 Å². The van der Waals surface area contributed by atoms with E-state index < -0.39 is 57.7 Å². The standard InChI is InChI=1S/C39H48O10/c1-20(2)10-11-24-31-23(13-15-37(8,47-31)16-14-27(40)35(4,5)45)29(41)28-30(42)25-18-22-19-26-36(6,7)49-38(33(22)43,39(25,26)48-32(24)28)17-12-21(3)34(44)46-9/h10,12-13,15,18,22,26-27,40-41,45H,11,14,16-17,19H2,1-9H3. The highest BCUT2D eigenvalue weighted by Gasteiger charge is 2.81. The second kappa shape index (κ2) is 11.4. The first-order valence-electron chi connectivity index (χ1n) is 17.0. The summed E-state index contributed by atoms with van der Waals surface area (Å²) in [6.07, 6.45) is 9.10. The third-order valence-corrected chi connectivity index (χ3v) is 11.2. The minimum atomic E-state index is -1.63. The van der Waals surface area contributed by atoms with Gasteiger partial charge in [-0.05, 0) is 93.2 Å². The highest BCUT2D eigenvalue weighted by Crippen LogP contribution is 2.68. The maximum atomic E-state index is 14.8. The molecule has 0 amide bonds. The summed E-state index contributed by atoms with van der Waals surface area (Å²) in [5, 5.41) is 32.7. The van der Waals surface area contributed by atoms with Crippen LogP contribution in [-0.4, -0.2) is 74.1 Å². The third-order valence-electron chi connectivity index (χ3n) is 11.2. The van der Waals surface area contributed by atoms with Gasteiger partial charge in [0.2, 0.25) is 0 Å². The number of phenolic OH excluding ortho intramolecular Hbond substituents is 1. The number of rotatable bonds is 9. The summed E-state index contributed by atoms with van der Waals surface area (Å²) in [5.41, 5.74) is -3.80. The number of Topliss-reactive ketones (excluding diaryl/α,β-unsaturated/α-hetero) is 2. The van der Waals surface area contributed by atoms with Crippen LogP contribution in [0.3, 0.4) is 0 Å². The molecule has 10 heteroatoms. The van der Waals surface area contributed by atoms with Gasteiger partial charge in [0.05, 0.1) is 30.0 Å². The number of aliphatic hydroxyl groups excluding tert-OH is 1. The number of phenols is 1. The van der Waals surface area contributed by atoms with E-state index in [1.165, 1.54) is 7.11 Å². The number of esters is 1. The van der Waals surface area contributed by atoms with Crippen LogP contribution >= 0.6 is 0 Å². The summed E-state index contributed by atoms with van der Waals surface area (Å²) < 4.78 is 25.5. The van der Waals surface area contributed by atoms with E-state index in [9.17, 15) is 29.7 Å². The maximum Gasteiger partial charge on any atom is 0.333 e. The Morgan fingerprint density at radius 3 is 2.45 bits per heavy atom. The summed E-state index contributed by atoms with van der Waals surface area (Å²) in [5.74, 6) is -1.99. The normalized spacial score (nSPS) is 31.2. The van der Waals surface area contributed by atoms with E-state index in [2.05, 4.69) is 0 Å². The summed E-state index contributed by atoms with van der Waals surface area (Å²) in [6, 6.07) is 0. The quantitative estimate of drug-likeness (QED) is 0.174. The van der Waals surface area contributed by atoms with E-state index in [0.29, 0.717) is 41.7 Å². The average Bonchev–Trinajstić information content (AvgIpc) is 3.18. The summed E-state index contributed by atoms with van der Waals surface area (Å²) >= 11 is 0. The van der Waals surface area contributed by atoms with Gasteiger partial charge in [0.15, 0.2) is 22.8 Å². The highest BCUT2D eigenvalue weighted by atomic mass is 16.6. The van der Waals surface area contributed by atoms with Crippen LogP contribution < -0.4 is 9.47 Å². The minimum Gasteiger partial charge on any atom is -0.506 e. The van der Waals surface area contributed by atoms with E-state index in [1.54, 1.807) is 45.1 Å². The molecule has 1 saturated carbocycles. The van der Waals surface area contributed by atoms with Gasteiger partial charge >= 0.3 is 5.97 Å². The Bertz CT molecular complexity index is 1770. The molecule has 2 fully saturated rings. The second-order valence-electron chi connectivity index (χ2n) is 15.8. The van der Waals surface area contributed by atoms with Gasteiger partial charge in [0.1, 0.15) is 28.4 Å². The van der Waals surface area contributed by atoms with Crippen LogP contribution in [0, 0.1) is 11.8 Å². The van der Waals surface area contributed by atoms with Crippen LogP contribution in [0.2, 0.25) is 0 Å². The number of hydrogen-bond donors (Lipinski definition) is 3. The molecular weight excluding hydrogens is 628 g/mol. The number of hydrogen-bond acceptors (Lipinski definition) is 10. The topological polar surface area (TPSA) is 149 Å². The molecule has 1 saturated heterocycles. The summed E-state index contributed by atoms with van der Waals surface area (Å²) in [7, 11) is 1.29. The number of allylic oxidation sites excluding steroid dienone is 3. The van der Waals surface area contributed by atoms with Crippen molar-refractivity contribution in [3.8, 4) is 17.2 Å². The average molecular weight is 677 g/mol. The maximum absolute atomic E-state index is 14.8. The fourth-order valence-corrected chi connectivity index (χ4v) is 8.46. The smallest absolute Gasteiger partial charge is 0.333 e. The number of fused-ring (bicyclic) bond motifs is 2. The minimum absolute atomic E-state index is 0.00993. The van der Waals surface area contributed by atoms with Gasteiger partial charge < -0.3 is 34.3 Å². The molecule has 6 atom stereocenters. The molecule has 10 nitrogen and oxygen atoms in total. The molecule has 3 heterocycles. The lowest BCUT2D eigenvalue weighted by Gasteiger charge is -2.56. The molecule has 4 bridgehead atoms. The van der Waals surface area contributed by atoms with E-state index in [1.807, 2.05) is 40.7 Å². The van der Waals surface area contributed by atoms with Gasteiger partial charge in [0.25, 0.3) is 0 Å². The van der Waals surface area contributed by atoms with Gasteiger partial charge in [-0.1, -0.05) is 23.8 Å². The highest BCUT2D eigenvalue weighted by molar-refractivity contribution is 6.19. The van der Waals surface area contributed by atoms with Gasteiger partial charge in [-0.3, -0.25) is 9.59 Å².